The number of aromatic nitrogens is 1. The van der Waals surface area contributed by atoms with Crippen LogP contribution < -0.4 is 5.32 Å². The molecule has 0 saturated carbocycles. The van der Waals surface area contributed by atoms with Crippen LogP contribution in [-0.4, -0.2) is 23.1 Å². The fourth-order valence-electron chi connectivity index (χ4n) is 2.76. The third-order valence-electron chi connectivity index (χ3n) is 3.77. The Morgan fingerprint density at radius 3 is 2.74 bits per heavy atom. The number of nitrogens with one attached hydrogen (secondary N) is 2. The van der Waals surface area contributed by atoms with Gasteiger partial charge in [0.1, 0.15) is 18.2 Å². The molecule has 23 heavy (non-hydrogen) atoms. The molecular formula is C17H11F2N3O. The second-order valence-corrected chi connectivity index (χ2v) is 5.26. The summed E-state index contributed by atoms with van der Waals surface area (Å²) in [5.41, 5.74) is 2.32. The summed E-state index contributed by atoms with van der Waals surface area (Å²) in [7, 11) is 0. The summed E-state index contributed by atoms with van der Waals surface area (Å²) in [4.78, 5) is 19.3. The number of para-hydroxylation sites is 1. The van der Waals surface area contributed by atoms with Crippen molar-refractivity contribution in [1.82, 2.24) is 4.98 Å². The van der Waals surface area contributed by atoms with Crippen LogP contribution in [0, 0.1) is 11.6 Å². The molecule has 2 aromatic carbocycles. The van der Waals surface area contributed by atoms with E-state index in [1.54, 1.807) is 0 Å². The van der Waals surface area contributed by atoms with Gasteiger partial charge in [-0.3, -0.25) is 9.79 Å². The standard InChI is InChI=1S/C17H11F2N3O/c18-9-5-6-10(12(19)7-9)15-17-16(22-14(23)8-20-15)11-3-1-2-4-13(11)21-17/h1-7,21H,8H2,(H,22,23). The van der Waals surface area contributed by atoms with E-state index in [2.05, 4.69) is 15.3 Å². The van der Waals surface area contributed by atoms with Crippen LogP contribution in [0.25, 0.3) is 10.9 Å². The topological polar surface area (TPSA) is 57.2 Å². The van der Waals surface area contributed by atoms with Crippen molar-refractivity contribution in [2.24, 2.45) is 4.99 Å². The van der Waals surface area contributed by atoms with Gasteiger partial charge in [-0.15, -0.1) is 0 Å². The number of carbonyl (C=O) groups excluding carboxylic acids is 1. The van der Waals surface area contributed by atoms with E-state index in [4.69, 9.17) is 0 Å². The zero-order valence-corrected chi connectivity index (χ0v) is 11.9. The van der Waals surface area contributed by atoms with Crippen molar-refractivity contribution in [1.29, 1.82) is 0 Å². The first kappa shape index (κ1) is 13.6. The van der Waals surface area contributed by atoms with Crippen LogP contribution in [0.3, 0.4) is 0 Å². The van der Waals surface area contributed by atoms with Crippen LogP contribution in [0.2, 0.25) is 0 Å². The highest BCUT2D eigenvalue weighted by molar-refractivity contribution is 6.22. The Hall–Kier alpha value is -3.02. The highest BCUT2D eigenvalue weighted by Gasteiger charge is 2.24. The Morgan fingerprint density at radius 1 is 1.09 bits per heavy atom. The molecule has 2 N–H and O–H groups in total. The van der Waals surface area contributed by atoms with Gasteiger partial charge in [0, 0.05) is 22.5 Å². The Kier molecular flexibility index (Phi) is 2.97. The normalized spacial score (nSPS) is 14.2. The number of anilines is 1. The average Bonchev–Trinajstić information content (AvgIpc) is 2.80. The van der Waals surface area contributed by atoms with Crippen molar-refractivity contribution >= 4 is 28.2 Å². The van der Waals surface area contributed by atoms with Crippen molar-refractivity contribution < 1.29 is 13.6 Å². The number of nitrogens with zero attached hydrogens (tertiary/aromatic N) is 1. The summed E-state index contributed by atoms with van der Waals surface area (Å²) < 4.78 is 27.3. The predicted molar refractivity (Wildman–Crippen MR) is 83.8 cm³/mol. The van der Waals surface area contributed by atoms with E-state index >= 15 is 0 Å². The van der Waals surface area contributed by atoms with Crippen LogP contribution in [0.1, 0.15) is 11.3 Å². The lowest BCUT2D eigenvalue weighted by Crippen LogP contribution is -2.13. The van der Waals surface area contributed by atoms with Crippen molar-refractivity contribution in [3.05, 3.63) is 65.4 Å². The molecule has 1 aliphatic rings. The van der Waals surface area contributed by atoms with E-state index in [1.165, 1.54) is 12.1 Å². The minimum absolute atomic E-state index is 0.122. The van der Waals surface area contributed by atoms with Gasteiger partial charge in [0.15, 0.2) is 0 Å². The molecule has 0 fully saturated rings. The first-order valence-electron chi connectivity index (χ1n) is 7.04. The zero-order valence-electron chi connectivity index (χ0n) is 11.9. The molecule has 0 saturated heterocycles. The number of fused-ring (bicyclic) bond motifs is 3. The molecule has 0 aliphatic carbocycles. The molecule has 0 spiro atoms. The van der Waals surface area contributed by atoms with E-state index in [1.807, 2.05) is 24.3 Å². The molecule has 0 atom stereocenters. The SMILES string of the molecule is O=C1CN=C(c2ccc(F)cc2F)c2[nH]c3ccccc3c2N1. The molecule has 1 aromatic heterocycles. The smallest absolute Gasteiger partial charge is 0.246 e. The highest BCUT2D eigenvalue weighted by Crippen LogP contribution is 2.31. The number of hydrogen-bond donors (Lipinski definition) is 2. The first-order chi connectivity index (χ1) is 11.1. The summed E-state index contributed by atoms with van der Waals surface area (Å²) in [6.07, 6.45) is 0. The lowest BCUT2D eigenvalue weighted by Gasteiger charge is -2.07. The Labute approximate surface area is 129 Å². The number of halogens is 2. The van der Waals surface area contributed by atoms with Crippen molar-refractivity contribution in [2.75, 3.05) is 11.9 Å². The predicted octanol–water partition coefficient (Wildman–Crippen LogP) is 3.24. The number of H-pyrrole nitrogens is 1. The van der Waals surface area contributed by atoms with Crippen LogP contribution in [0.15, 0.2) is 47.5 Å². The van der Waals surface area contributed by atoms with E-state index in [0.717, 1.165) is 17.0 Å². The van der Waals surface area contributed by atoms with Crippen LogP contribution >= 0.6 is 0 Å². The van der Waals surface area contributed by atoms with Crippen LogP contribution in [-0.2, 0) is 4.79 Å². The lowest BCUT2D eigenvalue weighted by molar-refractivity contribution is -0.114. The molecule has 114 valence electrons. The van der Waals surface area contributed by atoms with Gasteiger partial charge in [0.05, 0.1) is 17.1 Å². The third kappa shape index (κ3) is 2.19. The molecule has 6 heteroatoms. The fourth-order valence-corrected chi connectivity index (χ4v) is 2.76. The first-order valence-corrected chi connectivity index (χ1v) is 7.04. The molecule has 1 aliphatic heterocycles. The molecule has 1 amide bonds. The number of aliphatic imine (C=N–C) groups is 1. The molecule has 4 rings (SSSR count). The second kappa shape index (κ2) is 5.01. The Balaban J connectivity index is 1.99. The summed E-state index contributed by atoms with van der Waals surface area (Å²) in [6, 6.07) is 10.7. The average molecular weight is 311 g/mol. The van der Waals surface area contributed by atoms with Crippen LogP contribution in [0.5, 0.6) is 0 Å². The maximum Gasteiger partial charge on any atom is 0.246 e. The minimum atomic E-state index is -0.720. The molecule has 4 nitrogen and oxygen atoms in total. The van der Waals surface area contributed by atoms with Gasteiger partial charge in [-0.05, 0) is 18.2 Å². The number of hydrogen-bond acceptors (Lipinski definition) is 2. The monoisotopic (exact) mass is 311 g/mol. The van der Waals surface area contributed by atoms with E-state index in [9.17, 15) is 13.6 Å². The lowest BCUT2D eigenvalue weighted by atomic mass is 10.1. The molecule has 0 unspecified atom stereocenters. The number of aromatic amines is 1. The quantitative estimate of drug-likeness (QED) is 0.712. The Morgan fingerprint density at radius 2 is 1.91 bits per heavy atom. The number of rotatable bonds is 1. The van der Waals surface area contributed by atoms with Gasteiger partial charge in [-0.2, -0.15) is 0 Å². The van der Waals surface area contributed by atoms with Crippen molar-refractivity contribution in [3.8, 4) is 0 Å². The van der Waals surface area contributed by atoms with Gasteiger partial charge in [-0.1, -0.05) is 18.2 Å². The Bertz CT molecular complexity index is 975. The summed E-state index contributed by atoms with van der Waals surface area (Å²) in [5.74, 6) is -1.66. The van der Waals surface area contributed by atoms with Gasteiger partial charge in [0.25, 0.3) is 0 Å². The molecule has 0 radical (unpaired) electrons. The summed E-state index contributed by atoms with van der Waals surface area (Å²) >= 11 is 0. The highest BCUT2D eigenvalue weighted by atomic mass is 19.1. The number of carbonyl (C=O) groups is 1. The van der Waals surface area contributed by atoms with Gasteiger partial charge in [0.2, 0.25) is 5.91 Å². The van der Waals surface area contributed by atoms with E-state index < -0.39 is 11.6 Å². The van der Waals surface area contributed by atoms with Crippen LogP contribution in [0.4, 0.5) is 14.5 Å². The van der Waals surface area contributed by atoms with Gasteiger partial charge >= 0.3 is 0 Å². The number of amides is 1. The van der Waals surface area contributed by atoms with E-state index in [-0.39, 0.29) is 18.0 Å². The number of benzene rings is 2. The molecule has 2 heterocycles. The fraction of sp³-hybridized carbons (Fsp3) is 0.0588. The molecule has 3 aromatic rings. The maximum atomic E-state index is 14.2. The zero-order chi connectivity index (χ0) is 16.0. The van der Waals surface area contributed by atoms with Crippen molar-refractivity contribution in [2.45, 2.75) is 0 Å². The second-order valence-electron chi connectivity index (χ2n) is 5.26. The van der Waals surface area contributed by atoms with Gasteiger partial charge in [-0.25, -0.2) is 8.78 Å². The largest absolute Gasteiger partial charge is 0.351 e. The van der Waals surface area contributed by atoms with E-state index in [0.29, 0.717) is 17.1 Å². The summed E-state index contributed by atoms with van der Waals surface area (Å²) in [6.45, 7) is -0.122. The van der Waals surface area contributed by atoms with Crippen molar-refractivity contribution in [3.63, 3.8) is 0 Å². The summed E-state index contributed by atoms with van der Waals surface area (Å²) in [5, 5.41) is 3.61. The maximum absolute atomic E-state index is 14.2. The molecule has 0 bridgehead atoms. The van der Waals surface area contributed by atoms with Gasteiger partial charge < -0.3 is 10.3 Å². The third-order valence-corrected chi connectivity index (χ3v) is 3.77. The minimum Gasteiger partial charge on any atom is -0.351 e. The molecular weight excluding hydrogens is 300 g/mol.